The van der Waals surface area contributed by atoms with Crippen molar-refractivity contribution in [3.8, 4) is 10.7 Å². The second kappa shape index (κ2) is 4.72. The fraction of sp³-hybridized carbons (Fsp3) is 0.571. The highest BCUT2D eigenvalue weighted by molar-refractivity contribution is 7.15. The highest BCUT2D eigenvalue weighted by Gasteiger charge is 2.20. The third kappa shape index (κ3) is 2.11. The van der Waals surface area contributed by atoms with E-state index in [2.05, 4.69) is 16.9 Å². The van der Waals surface area contributed by atoms with Crippen LogP contribution in [0.25, 0.3) is 10.7 Å². The summed E-state index contributed by atoms with van der Waals surface area (Å²) in [4.78, 5) is 6.21. The maximum Gasteiger partial charge on any atom is 0.144 e. The molecule has 2 aromatic rings. The van der Waals surface area contributed by atoms with Gasteiger partial charge in [0.2, 0.25) is 0 Å². The van der Waals surface area contributed by atoms with Crippen LogP contribution in [0.15, 0.2) is 12.3 Å². The Balaban J connectivity index is 1.59. The molecule has 0 radical (unpaired) electrons. The maximum atomic E-state index is 5.40. The lowest BCUT2D eigenvalue weighted by molar-refractivity contribution is 0.0663. The Bertz CT molecular complexity index is 562. The normalized spacial score (nSPS) is 19.8. The van der Waals surface area contributed by atoms with Crippen LogP contribution < -0.4 is 0 Å². The van der Waals surface area contributed by atoms with Gasteiger partial charge in [-0.1, -0.05) is 0 Å². The van der Waals surface area contributed by atoms with Crippen LogP contribution in [0, 0.1) is 0 Å². The van der Waals surface area contributed by atoms with Gasteiger partial charge in [0.15, 0.2) is 0 Å². The smallest absolute Gasteiger partial charge is 0.144 e. The highest BCUT2D eigenvalue weighted by Crippen LogP contribution is 2.33. The van der Waals surface area contributed by atoms with Gasteiger partial charge < -0.3 is 4.74 Å². The van der Waals surface area contributed by atoms with Crippen LogP contribution in [0.5, 0.6) is 0 Å². The lowest BCUT2D eigenvalue weighted by Crippen LogP contribution is -2.19. The number of aryl methyl sites for hydroxylation is 2. The van der Waals surface area contributed by atoms with Crippen LogP contribution in [0.1, 0.15) is 35.9 Å². The number of hydrogen-bond acceptors (Lipinski definition) is 4. The van der Waals surface area contributed by atoms with E-state index in [1.807, 2.05) is 11.3 Å². The zero-order valence-electron chi connectivity index (χ0n) is 10.8. The fourth-order valence-electron chi connectivity index (χ4n) is 2.91. The van der Waals surface area contributed by atoms with Gasteiger partial charge in [-0.15, -0.1) is 11.3 Å². The van der Waals surface area contributed by atoms with E-state index >= 15 is 0 Å². The van der Waals surface area contributed by atoms with Gasteiger partial charge in [0.25, 0.3) is 0 Å². The molecule has 100 valence electrons. The Morgan fingerprint density at radius 2 is 2.16 bits per heavy atom. The van der Waals surface area contributed by atoms with E-state index in [-0.39, 0.29) is 0 Å². The van der Waals surface area contributed by atoms with Crippen LogP contribution in [-0.4, -0.2) is 28.0 Å². The summed E-state index contributed by atoms with van der Waals surface area (Å²) in [6.07, 6.45) is 7.84. The SMILES string of the molecule is c1cn(C2CCOCC2)nc1-c1nc2c(s1)CCC2. The molecule has 2 aromatic heterocycles. The largest absolute Gasteiger partial charge is 0.381 e. The fourth-order valence-corrected chi connectivity index (χ4v) is 4.02. The average molecular weight is 275 g/mol. The first-order valence-electron chi connectivity index (χ1n) is 7.02. The zero-order chi connectivity index (χ0) is 12.7. The molecule has 2 aliphatic rings. The number of thiazole rings is 1. The van der Waals surface area contributed by atoms with Crippen LogP contribution >= 0.6 is 11.3 Å². The molecule has 1 aliphatic carbocycles. The summed E-state index contributed by atoms with van der Waals surface area (Å²) >= 11 is 1.82. The highest BCUT2D eigenvalue weighted by atomic mass is 32.1. The van der Waals surface area contributed by atoms with Gasteiger partial charge in [-0.05, 0) is 38.2 Å². The number of hydrogen-bond donors (Lipinski definition) is 0. The van der Waals surface area contributed by atoms with Crippen LogP contribution in [0.3, 0.4) is 0 Å². The van der Waals surface area contributed by atoms with Crippen molar-refractivity contribution in [1.29, 1.82) is 0 Å². The van der Waals surface area contributed by atoms with Crippen molar-refractivity contribution in [2.45, 2.75) is 38.1 Å². The van der Waals surface area contributed by atoms with Crippen molar-refractivity contribution in [1.82, 2.24) is 14.8 Å². The molecule has 3 heterocycles. The minimum Gasteiger partial charge on any atom is -0.381 e. The first kappa shape index (κ1) is 11.6. The minimum absolute atomic E-state index is 0.495. The summed E-state index contributed by atoms with van der Waals surface area (Å²) in [5.74, 6) is 0. The van der Waals surface area contributed by atoms with Crippen molar-refractivity contribution in [2.75, 3.05) is 13.2 Å². The predicted molar refractivity (Wildman–Crippen MR) is 74.5 cm³/mol. The van der Waals surface area contributed by atoms with Crippen LogP contribution in [0.4, 0.5) is 0 Å². The number of ether oxygens (including phenoxy) is 1. The van der Waals surface area contributed by atoms with E-state index in [4.69, 9.17) is 14.8 Å². The average Bonchev–Trinajstić information content (AvgIpc) is 3.14. The molecule has 4 nitrogen and oxygen atoms in total. The summed E-state index contributed by atoms with van der Waals surface area (Å²) < 4.78 is 7.50. The molecule has 0 saturated carbocycles. The predicted octanol–water partition coefficient (Wildman–Crippen LogP) is 2.85. The van der Waals surface area contributed by atoms with Gasteiger partial charge in [-0.2, -0.15) is 5.10 Å². The van der Waals surface area contributed by atoms with Crippen LogP contribution in [0.2, 0.25) is 0 Å². The molecule has 0 unspecified atom stereocenters. The van der Waals surface area contributed by atoms with E-state index in [1.165, 1.54) is 23.4 Å². The molecule has 0 bridgehead atoms. The number of aromatic nitrogens is 3. The molecule has 1 saturated heterocycles. The van der Waals surface area contributed by atoms with Crippen molar-refractivity contribution >= 4 is 11.3 Å². The topological polar surface area (TPSA) is 39.9 Å². The maximum absolute atomic E-state index is 5.40. The zero-order valence-corrected chi connectivity index (χ0v) is 11.7. The van der Waals surface area contributed by atoms with Gasteiger partial charge >= 0.3 is 0 Å². The summed E-state index contributed by atoms with van der Waals surface area (Å²) in [5.41, 5.74) is 2.34. The van der Waals surface area contributed by atoms with E-state index in [9.17, 15) is 0 Å². The standard InChI is InChI=1S/C14H17N3OS/c1-2-11-13(3-1)19-14(15-11)12-4-7-17(16-12)10-5-8-18-9-6-10/h4,7,10H,1-3,5-6,8-9H2. The Labute approximate surface area is 116 Å². The molecule has 0 amide bonds. The van der Waals surface area contributed by atoms with E-state index < -0.39 is 0 Å². The molecular weight excluding hydrogens is 258 g/mol. The van der Waals surface area contributed by atoms with Gasteiger partial charge in [0, 0.05) is 24.3 Å². The minimum atomic E-state index is 0.495. The Hall–Kier alpha value is -1.20. The van der Waals surface area contributed by atoms with Crippen molar-refractivity contribution in [3.05, 3.63) is 22.8 Å². The Morgan fingerprint density at radius 1 is 1.26 bits per heavy atom. The molecule has 0 atom stereocenters. The van der Waals surface area contributed by atoms with Gasteiger partial charge in [-0.3, -0.25) is 4.68 Å². The molecule has 5 heteroatoms. The lowest BCUT2D eigenvalue weighted by atomic mass is 10.1. The summed E-state index contributed by atoms with van der Waals surface area (Å²) in [6.45, 7) is 1.71. The van der Waals surface area contributed by atoms with Crippen molar-refractivity contribution in [2.24, 2.45) is 0 Å². The lowest BCUT2D eigenvalue weighted by Gasteiger charge is -2.22. The van der Waals surface area contributed by atoms with Crippen molar-refractivity contribution < 1.29 is 4.74 Å². The second-order valence-corrected chi connectivity index (χ2v) is 6.35. The van der Waals surface area contributed by atoms with Gasteiger partial charge in [0.05, 0.1) is 11.7 Å². The molecule has 1 aliphatic heterocycles. The van der Waals surface area contributed by atoms with Crippen LogP contribution in [-0.2, 0) is 17.6 Å². The van der Waals surface area contributed by atoms with E-state index in [1.54, 1.807) is 0 Å². The monoisotopic (exact) mass is 275 g/mol. The molecular formula is C14H17N3OS. The Kier molecular flexibility index (Phi) is 2.89. The quantitative estimate of drug-likeness (QED) is 0.846. The molecule has 1 fully saturated rings. The van der Waals surface area contributed by atoms with E-state index in [0.717, 1.165) is 43.2 Å². The first-order valence-corrected chi connectivity index (χ1v) is 7.83. The first-order chi connectivity index (χ1) is 9.40. The molecule has 4 rings (SSSR count). The number of nitrogens with zero attached hydrogens (tertiary/aromatic N) is 3. The Morgan fingerprint density at radius 3 is 3.00 bits per heavy atom. The number of fused-ring (bicyclic) bond motifs is 1. The molecule has 0 spiro atoms. The van der Waals surface area contributed by atoms with Gasteiger partial charge in [0.1, 0.15) is 10.7 Å². The van der Waals surface area contributed by atoms with Gasteiger partial charge in [-0.25, -0.2) is 4.98 Å². The second-order valence-electron chi connectivity index (χ2n) is 5.27. The summed E-state index contributed by atoms with van der Waals surface area (Å²) in [5, 5.41) is 5.82. The third-order valence-electron chi connectivity index (χ3n) is 3.99. The summed E-state index contributed by atoms with van der Waals surface area (Å²) in [7, 11) is 0. The summed E-state index contributed by atoms with van der Waals surface area (Å²) in [6, 6.07) is 2.60. The molecule has 0 aromatic carbocycles. The number of rotatable bonds is 2. The molecule has 0 N–H and O–H groups in total. The van der Waals surface area contributed by atoms with Crippen molar-refractivity contribution in [3.63, 3.8) is 0 Å². The third-order valence-corrected chi connectivity index (χ3v) is 5.17. The molecule has 19 heavy (non-hydrogen) atoms. The van der Waals surface area contributed by atoms with E-state index in [0.29, 0.717) is 6.04 Å².